The number of carbonyl (C=O) groups excluding carboxylic acids is 1. The van der Waals surface area contributed by atoms with Crippen molar-refractivity contribution in [1.29, 1.82) is 0 Å². The Bertz CT molecular complexity index is 513. The van der Waals surface area contributed by atoms with Gasteiger partial charge in [0.2, 0.25) is 0 Å². The van der Waals surface area contributed by atoms with E-state index in [9.17, 15) is 4.79 Å². The molecule has 3 nitrogen and oxygen atoms in total. The van der Waals surface area contributed by atoms with Crippen LogP contribution in [0.1, 0.15) is 59.9 Å². The lowest BCUT2D eigenvalue weighted by molar-refractivity contribution is 0.0957. The van der Waals surface area contributed by atoms with Crippen LogP contribution in [0.15, 0.2) is 17.1 Å². The smallest absolute Gasteiger partial charge is 0.253 e. The number of rotatable bonds is 4. The molecule has 4 heteroatoms. The molecule has 1 aromatic heterocycles. The number of amides is 1. The van der Waals surface area contributed by atoms with Gasteiger partial charge in [0.25, 0.3) is 5.91 Å². The van der Waals surface area contributed by atoms with E-state index in [1.807, 2.05) is 6.07 Å². The van der Waals surface area contributed by atoms with E-state index in [-0.39, 0.29) is 5.91 Å². The summed E-state index contributed by atoms with van der Waals surface area (Å²) < 4.78 is 3.14. The van der Waals surface area contributed by atoms with Crippen LogP contribution in [0, 0.1) is 13.8 Å². The second-order valence-electron chi connectivity index (χ2n) is 5.65. The highest BCUT2D eigenvalue weighted by molar-refractivity contribution is 9.11. The van der Waals surface area contributed by atoms with E-state index in [0.29, 0.717) is 12.6 Å². The number of hydrogen-bond donors (Lipinski definition) is 1. The molecule has 0 aromatic carbocycles. The van der Waals surface area contributed by atoms with Crippen molar-refractivity contribution in [3.05, 3.63) is 34.1 Å². The van der Waals surface area contributed by atoms with Gasteiger partial charge in [-0.2, -0.15) is 0 Å². The molecule has 20 heavy (non-hydrogen) atoms. The second-order valence-corrected chi connectivity index (χ2v) is 6.77. The summed E-state index contributed by atoms with van der Waals surface area (Å²) in [6, 6.07) is 2.58. The molecule has 0 atom stereocenters. The van der Waals surface area contributed by atoms with Crippen molar-refractivity contribution >= 4 is 21.8 Å². The molecular formula is C16H23BrN2O. The molecule has 2 rings (SSSR count). The molecular weight excluding hydrogens is 316 g/mol. The van der Waals surface area contributed by atoms with Crippen LogP contribution in [-0.4, -0.2) is 17.0 Å². The van der Waals surface area contributed by atoms with Gasteiger partial charge in [0.1, 0.15) is 0 Å². The van der Waals surface area contributed by atoms with Gasteiger partial charge in [-0.25, -0.2) is 0 Å². The maximum absolute atomic E-state index is 12.2. The summed E-state index contributed by atoms with van der Waals surface area (Å²) in [5.41, 5.74) is 3.08. The fourth-order valence-electron chi connectivity index (χ4n) is 3.18. The number of nitrogens with zero attached hydrogens (tertiary/aromatic N) is 1. The lowest BCUT2D eigenvalue weighted by Gasteiger charge is -2.26. The standard InChI is InChI=1S/C16H23BrN2O/c1-11(17)10-18-16(20)15-9-12(2)19(13(15)3)14-7-5-4-6-8-14/h9,14H,1,4-8,10H2,2-3H3,(H,18,20). The molecule has 0 saturated heterocycles. The number of aromatic nitrogens is 1. The van der Waals surface area contributed by atoms with Gasteiger partial charge in [-0.15, -0.1) is 0 Å². The average molecular weight is 339 g/mol. The Labute approximate surface area is 129 Å². The minimum atomic E-state index is -0.0132. The zero-order chi connectivity index (χ0) is 14.7. The Hall–Kier alpha value is -1.03. The minimum absolute atomic E-state index is 0.0132. The van der Waals surface area contributed by atoms with Crippen molar-refractivity contribution in [2.24, 2.45) is 0 Å². The van der Waals surface area contributed by atoms with E-state index in [1.54, 1.807) is 0 Å². The largest absolute Gasteiger partial charge is 0.347 e. The molecule has 1 aliphatic carbocycles. The summed E-state index contributed by atoms with van der Waals surface area (Å²) in [6.07, 6.45) is 6.40. The van der Waals surface area contributed by atoms with Gasteiger partial charge in [0, 0.05) is 28.5 Å². The third-order valence-electron chi connectivity index (χ3n) is 4.11. The highest BCUT2D eigenvalue weighted by atomic mass is 79.9. The molecule has 1 heterocycles. The fourth-order valence-corrected chi connectivity index (χ4v) is 3.32. The zero-order valence-corrected chi connectivity index (χ0v) is 13.9. The third-order valence-corrected chi connectivity index (χ3v) is 4.39. The van der Waals surface area contributed by atoms with Crippen LogP contribution in [0.5, 0.6) is 0 Å². The van der Waals surface area contributed by atoms with Crippen LogP contribution in [0.4, 0.5) is 0 Å². The molecule has 1 aliphatic rings. The summed E-state index contributed by atoms with van der Waals surface area (Å²) >= 11 is 3.26. The first-order valence-electron chi connectivity index (χ1n) is 7.30. The van der Waals surface area contributed by atoms with Crippen molar-refractivity contribution < 1.29 is 4.79 Å². The van der Waals surface area contributed by atoms with Gasteiger partial charge in [-0.05, 0) is 32.8 Å². The number of nitrogens with one attached hydrogen (secondary N) is 1. The van der Waals surface area contributed by atoms with Gasteiger partial charge >= 0.3 is 0 Å². The number of hydrogen-bond acceptors (Lipinski definition) is 1. The Kier molecular flexibility index (Phi) is 5.08. The van der Waals surface area contributed by atoms with Gasteiger partial charge in [-0.1, -0.05) is 41.8 Å². The maximum atomic E-state index is 12.2. The predicted octanol–water partition coefficient (Wildman–Crippen LogP) is 4.25. The highest BCUT2D eigenvalue weighted by Crippen LogP contribution is 2.32. The van der Waals surface area contributed by atoms with Crippen LogP contribution < -0.4 is 5.32 Å². The van der Waals surface area contributed by atoms with Crippen LogP contribution >= 0.6 is 15.9 Å². The van der Waals surface area contributed by atoms with E-state index in [1.165, 1.54) is 37.8 Å². The predicted molar refractivity (Wildman–Crippen MR) is 86.4 cm³/mol. The van der Waals surface area contributed by atoms with Gasteiger partial charge in [0.15, 0.2) is 0 Å². The van der Waals surface area contributed by atoms with E-state index < -0.39 is 0 Å². The molecule has 0 bridgehead atoms. The van der Waals surface area contributed by atoms with Crippen LogP contribution in [0.25, 0.3) is 0 Å². The van der Waals surface area contributed by atoms with Crippen LogP contribution in [-0.2, 0) is 0 Å². The number of carbonyl (C=O) groups is 1. The summed E-state index contributed by atoms with van der Waals surface area (Å²) in [5.74, 6) is -0.0132. The zero-order valence-electron chi connectivity index (χ0n) is 12.3. The monoisotopic (exact) mass is 338 g/mol. The van der Waals surface area contributed by atoms with Crippen molar-refractivity contribution in [3.63, 3.8) is 0 Å². The second kappa shape index (κ2) is 6.61. The fraction of sp³-hybridized carbons (Fsp3) is 0.562. The van der Waals surface area contributed by atoms with E-state index >= 15 is 0 Å². The van der Waals surface area contributed by atoms with Crippen molar-refractivity contribution in [2.75, 3.05) is 6.54 Å². The number of aryl methyl sites for hydroxylation is 1. The molecule has 1 amide bonds. The Morgan fingerprint density at radius 3 is 2.65 bits per heavy atom. The first-order chi connectivity index (χ1) is 9.50. The molecule has 1 fully saturated rings. The molecule has 0 unspecified atom stereocenters. The third kappa shape index (κ3) is 3.35. The molecule has 110 valence electrons. The lowest BCUT2D eigenvalue weighted by Crippen LogP contribution is -2.25. The summed E-state index contributed by atoms with van der Waals surface area (Å²) in [6.45, 7) is 8.35. The molecule has 0 radical (unpaired) electrons. The molecule has 1 saturated carbocycles. The molecule has 0 spiro atoms. The van der Waals surface area contributed by atoms with E-state index in [0.717, 1.165) is 15.7 Å². The molecule has 1 aromatic rings. The Morgan fingerprint density at radius 2 is 2.05 bits per heavy atom. The maximum Gasteiger partial charge on any atom is 0.253 e. The van der Waals surface area contributed by atoms with Gasteiger partial charge in [-0.3, -0.25) is 4.79 Å². The lowest BCUT2D eigenvalue weighted by atomic mass is 9.95. The number of halogens is 1. The first-order valence-corrected chi connectivity index (χ1v) is 8.10. The molecule has 1 N–H and O–H groups in total. The van der Waals surface area contributed by atoms with E-state index in [2.05, 4.69) is 46.2 Å². The summed E-state index contributed by atoms with van der Waals surface area (Å²) in [7, 11) is 0. The van der Waals surface area contributed by atoms with Crippen LogP contribution in [0.3, 0.4) is 0 Å². The first kappa shape index (κ1) is 15.4. The highest BCUT2D eigenvalue weighted by Gasteiger charge is 2.22. The Balaban J connectivity index is 2.19. The molecule has 0 aliphatic heterocycles. The average Bonchev–Trinajstić information content (AvgIpc) is 2.72. The van der Waals surface area contributed by atoms with E-state index in [4.69, 9.17) is 0 Å². The van der Waals surface area contributed by atoms with Crippen molar-refractivity contribution in [2.45, 2.75) is 52.0 Å². The minimum Gasteiger partial charge on any atom is -0.347 e. The Morgan fingerprint density at radius 1 is 1.40 bits per heavy atom. The summed E-state index contributed by atoms with van der Waals surface area (Å²) in [5, 5.41) is 2.88. The quantitative estimate of drug-likeness (QED) is 0.874. The topological polar surface area (TPSA) is 34.0 Å². The van der Waals surface area contributed by atoms with Crippen LogP contribution in [0.2, 0.25) is 0 Å². The SMILES string of the molecule is C=C(Br)CNC(=O)c1cc(C)n(C2CCCCC2)c1C. The van der Waals surface area contributed by atoms with Gasteiger partial charge < -0.3 is 9.88 Å². The van der Waals surface area contributed by atoms with Crippen molar-refractivity contribution in [1.82, 2.24) is 9.88 Å². The van der Waals surface area contributed by atoms with Gasteiger partial charge in [0.05, 0.1) is 5.56 Å². The summed E-state index contributed by atoms with van der Waals surface area (Å²) in [4.78, 5) is 12.2. The van der Waals surface area contributed by atoms with Crippen molar-refractivity contribution in [3.8, 4) is 0 Å². The normalized spacial score (nSPS) is 16.1.